The van der Waals surface area contributed by atoms with Crippen LogP contribution in [-0.2, 0) is 4.79 Å². The molecule has 10 heteroatoms. The van der Waals surface area contributed by atoms with E-state index >= 15 is 0 Å². The van der Waals surface area contributed by atoms with Gasteiger partial charge in [-0.25, -0.2) is 5.48 Å². The third kappa shape index (κ3) is 4.23. The summed E-state index contributed by atoms with van der Waals surface area (Å²) < 4.78 is 0. The molecule has 0 saturated carbocycles. The van der Waals surface area contributed by atoms with Crippen LogP contribution in [0.3, 0.4) is 0 Å². The number of carbonyl (C=O) groups excluding carboxylic acids is 2. The largest absolute Gasteiger partial charge is 0.394 e. The van der Waals surface area contributed by atoms with Gasteiger partial charge < -0.3 is 10.0 Å². The number of nitrogens with zero attached hydrogens (tertiary/aromatic N) is 2. The molecule has 2 amide bonds. The van der Waals surface area contributed by atoms with Crippen LogP contribution < -0.4 is 5.48 Å². The van der Waals surface area contributed by atoms with Crippen molar-refractivity contribution in [2.24, 2.45) is 5.92 Å². The third-order valence-electron chi connectivity index (χ3n) is 3.24. The maximum Gasteiger partial charge on any atom is 0.324 e. The maximum atomic E-state index is 12.3. The van der Waals surface area contributed by atoms with Crippen LogP contribution in [-0.4, -0.2) is 51.6 Å². The van der Waals surface area contributed by atoms with Crippen LogP contribution in [0.15, 0.2) is 12.1 Å². The second-order valence-electron chi connectivity index (χ2n) is 4.76. The summed E-state index contributed by atoms with van der Waals surface area (Å²) >= 11 is 0.744. The third-order valence-corrected chi connectivity index (χ3v) is 4.27. The average Bonchev–Trinajstić information content (AvgIpc) is 3.00. The van der Waals surface area contributed by atoms with Crippen LogP contribution in [0.2, 0.25) is 0 Å². The fraction of sp³-hybridized carbons (Fsp3) is 0.500. The Hall–Kier alpha value is -2.04. The Morgan fingerprint density at radius 3 is 2.59 bits per heavy atom. The normalized spacial score (nSPS) is 13.3. The molecule has 0 aromatic carbocycles. The lowest BCUT2D eigenvalue weighted by Crippen LogP contribution is -2.42. The summed E-state index contributed by atoms with van der Waals surface area (Å²) in [7, 11) is 1.44. The number of aliphatic hydroxyl groups excluding tert-OH is 1. The number of carbonyl (C=O) groups is 2. The minimum atomic E-state index is -0.652. The zero-order valence-corrected chi connectivity index (χ0v) is 12.9. The van der Waals surface area contributed by atoms with E-state index in [4.69, 9.17) is 5.21 Å². The minimum Gasteiger partial charge on any atom is -0.394 e. The van der Waals surface area contributed by atoms with Crippen LogP contribution in [0.4, 0.5) is 5.00 Å². The summed E-state index contributed by atoms with van der Waals surface area (Å²) in [6, 6.07) is 1.93. The summed E-state index contributed by atoms with van der Waals surface area (Å²) in [6.07, 6.45) is 0.138. The van der Waals surface area contributed by atoms with Crippen molar-refractivity contribution in [2.45, 2.75) is 19.4 Å². The minimum absolute atomic E-state index is 0.138. The molecule has 2 unspecified atom stereocenters. The highest BCUT2D eigenvalue weighted by Gasteiger charge is 2.26. The molecule has 9 nitrogen and oxygen atoms in total. The van der Waals surface area contributed by atoms with Crippen molar-refractivity contribution in [1.82, 2.24) is 10.4 Å². The molecule has 0 aliphatic carbocycles. The van der Waals surface area contributed by atoms with Crippen LogP contribution in [0, 0.1) is 16.0 Å². The molecule has 0 spiro atoms. The van der Waals surface area contributed by atoms with E-state index in [2.05, 4.69) is 0 Å². The lowest BCUT2D eigenvalue weighted by Gasteiger charge is -2.27. The maximum absolute atomic E-state index is 12.3. The number of aliphatic hydroxyl groups is 1. The standard InChI is InChI=1S/C12H17N3O6S/c1-7(11(17)13-19)5-8(6-16)14(2)12(18)9-3-4-10(22-9)15(20)21/h3-4,7-8,16,19H,5-6H2,1-2H3,(H,13,17). The van der Waals surface area contributed by atoms with E-state index in [0.717, 1.165) is 11.3 Å². The van der Waals surface area contributed by atoms with Crippen molar-refractivity contribution < 1.29 is 24.8 Å². The molecule has 22 heavy (non-hydrogen) atoms. The monoisotopic (exact) mass is 331 g/mol. The number of nitrogens with one attached hydrogen (secondary N) is 1. The van der Waals surface area contributed by atoms with Crippen LogP contribution in [0.1, 0.15) is 23.0 Å². The number of thiophene rings is 1. The van der Waals surface area contributed by atoms with E-state index in [-0.39, 0.29) is 22.9 Å². The van der Waals surface area contributed by atoms with Crippen LogP contribution >= 0.6 is 11.3 Å². The molecule has 0 aliphatic heterocycles. The number of rotatable bonds is 7. The van der Waals surface area contributed by atoms with E-state index < -0.39 is 28.7 Å². The summed E-state index contributed by atoms with van der Waals surface area (Å²) in [5.41, 5.74) is 1.51. The Morgan fingerprint density at radius 2 is 2.14 bits per heavy atom. The number of amides is 2. The van der Waals surface area contributed by atoms with E-state index in [0.29, 0.717) is 0 Å². The van der Waals surface area contributed by atoms with Crippen molar-refractivity contribution >= 4 is 28.2 Å². The summed E-state index contributed by atoms with van der Waals surface area (Å²) in [5.74, 6) is -1.71. The van der Waals surface area contributed by atoms with Gasteiger partial charge in [-0.15, -0.1) is 0 Å². The van der Waals surface area contributed by atoms with Gasteiger partial charge in [0.15, 0.2) is 0 Å². The van der Waals surface area contributed by atoms with Gasteiger partial charge in [-0.3, -0.25) is 24.9 Å². The van der Waals surface area contributed by atoms with Gasteiger partial charge in [-0.05, 0) is 12.5 Å². The number of hydrogen-bond donors (Lipinski definition) is 3. The van der Waals surface area contributed by atoms with E-state index in [9.17, 15) is 24.8 Å². The van der Waals surface area contributed by atoms with Gasteiger partial charge in [-0.2, -0.15) is 0 Å². The van der Waals surface area contributed by atoms with Gasteiger partial charge in [0.25, 0.3) is 5.91 Å². The zero-order chi connectivity index (χ0) is 16.9. The number of hydroxylamine groups is 1. The van der Waals surface area contributed by atoms with Crippen molar-refractivity contribution in [2.75, 3.05) is 13.7 Å². The SMILES string of the molecule is CC(CC(CO)N(C)C(=O)c1ccc([N+](=O)[O-])s1)C(=O)NO. The molecule has 0 aliphatic rings. The fourth-order valence-electron chi connectivity index (χ4n) is 1.86. The first-order valence-electron chi connectivity index (χ1n) is 6.38. The number of hydrogen-bond acceptors (Lipinski definition) is 7. The molecule has 0 radical (unpaired) electrons. The topological polar surface area (TPSA) is 133 Å². The van der Waals surface area contributed by atoms with Crippen LogP contribution in [0.25, 0.3) is 0 Å². The quantitative estimate of drug-likeness (QED) is 0.381. The second kappa shape index (κ2) is 7.82. The predicted molar refractivity (Wildman–Crippen MR) is 77.7 cm³/mol. The lowest BCUT2D eigenvalue weighted by atomic mass is 10.0. The Balaban J connectivity index is 2.81. The first kappa shape index (κ1) is 18.0. The van der Waals surface area contributed by atoms with Crippen LogP contribution in [0.5, 0.6) is 0 Å². The number of likely N-dealkylation sites (N-methyl/N-ethyl adjacent to an activating group) is 1. The summed E-state index contributed by atoms with van der Waals surface area (Å²) in [4.78, 5) is 35.0. The Kier molecular flexibility index (Phi) is 6.40. The molecule has 0 bridgehead atoms. The molecule has 3 N–H and O–H groups in total. The fourth-order valence-corrected chi connectivity index (χ4v) is 2.66. The van der Waals surface area contributed by atoms with E-state index in [1.807, 2.05) is 0 Å². The lowest BCUT2D eigenvalue weighted by molar-refractivity contribution is -0.380. The van der Waals surface area contributed by atoms with Gasteiger partial charge in [0.05, 0.1) is 22.4 Å². The van der Waals surface area contributed by atoms with Crippen molar-refractivity contribution in [1.29, 1.82) is 0 Å². The van der Waals surface area contributed by atoms with Gasteiger partial charge in [0, 0.05) is 19.0 Å². The van der Waals surface area contributed by atoms with Crippen molar-refractivity contribution in [3.05, 3.63) is 27.1 Å². The molecule has 1 heterocycles. The first-order chi connectivity index (χ1) is 10.3. The molecule has 1 aromatic heterocycles. The Morgan fingerprint density at radius 1 is 1.50 bits per heavy atom. The van der Waals surface area contributed by atoms with Gasteiger partial charge in [-0.1, -0.05) is 18.3 Å². The molecular weight excluding hydrogens is 314 g/mol. The molecular formula is C12H17N3O6S. The molecule has 2 atom stereocenters. The average molecular weight is 331 g/mol. The highest BCUT2D eigenvalue weighted by atomic mass is 32.1. The number of nitro groups is 1. The summed E-state index contributed by atoms with van der Waals surface area (Å²) in [5, 5.41) is 28.4. The van der Waals surface area contributed by atoms with Gasteiger partial charge in [0.1, 0.15) is 0 Å². The molecule has 122 valence electrons. The summed E-state index contributed by atoms with van der Waals surface area (Å²) in [6.45, 7) is 1.17. The van der Waals surface area contributed by atoms with Crippen molar-refractivity contribution in [3.8, 4) is 0 Å². The Bertz CT molecular complexity index is 561. The van der Waals surface area contributed by atoms with Gasteiger partial charge >= 0.3 is 5.00 Å². The molecule has 1 aromatic rings. The first-order valence-corrected chi connectivity index (χ1v) is 7.19. The smallest absolute Gasteiger partial charge is 0.324 e. The molecule has 0 saturated heterocycles. The van der Waals surface area contributed by atoms with Gasteiger partial charge in [0.2, 0.25) is 5.91 Å². The predicted octanol–water partition coefficient (Wildman–Crippen LogP) is 0.621. The second-order valence-corrected chi connectivity index (χ2v) is 5.82. The van der Waals surface area contributed by atoms with E-state index in [1.54, 1.807) is 6.92 Å². The zero-order valence-electron chi connectivity index (χ0n) is 12.1. The van der Waals surface area contributed by atoms with E-state index in [1.165, 1.54) is 29.6 Å². The Labute approximate surface area is 130 Å². The highest BCUT2D eigenvalue weighted by Crippen LogP contribution is 2.25. The highest BCUT2D eigenvalue weighted by molar-refractivity contribution is 7.17. The van der Waals surface area contributed by atoms with Crippen molar-refractivity contribution in [3.63, 3.8) is 0 Å². The molecule has 1 rings (SSSR count). The molecule has 0 fully saturated rings.